The molecule has 3 rings (SSSR count). The van der Waals surface area contributed by atoms with Crippen molar-refractivity contribution in [3.8, 4) is 0 Å². The predicted octanol–water partition coefficient (Wildman–Crippen LogP) is 3.55. The van der Waals surface area contributed by atoms with Crippen LogP contribution in [0.15, 0.2) is 30.3 Å². The first-order chi connectivity index (χ1) is 12.7. The highest BCUT2D eigenvalue weighted by molar-refractivity contribution is 5.83. The maximum Gasteiger partial charge on any atom is 0.224 e. The Labute approximate surface area is 157 Å². The lowest BCUT2D eigenvalue weighted by atomic mass is 9.87. The molecular formula is C22H32N2O2. The number of piperidine rings is 1. The van der Waals surface area contributed by atoms with Crippen LogP contribution < -0.4 is 5.32 Å². The van der Waals surface area contributed by atoms with Gasteiger partial charge in [-0.1, -0.05) is 49.6 Å². The number of benzene rings is 1. The van der Waals surface area contributed by atoms with Gasteiger partial charge < -0.3 is 10.2 Å². The summed E-state index contributed by atoms with van der Waals surface area (Å²) in [6, 6.07) is 10.4. The molecule has 1 N–H and O–H groups in total. The van der Waals surface area contributed by atoms with Gasteiger partial charge in [-0.25, -0.2) is 0 Å². The fourth-order valence-electron chi connectivity index (χ4n) is 4.28. The highest BCUT2D eigenvalue weighted by Crippen LogP contribution is 2.27. The molecule has 0 unspecified atom stereocenters. The average Bonchev–Trinajstić information content (AvgIpc) is 2.68. The van der Waals surface area contributed by atoms with Crippen molar-refractivity contribution in [2.75, 3.05) is 19.6 Å². The largest absolute Gasteiger partial charge is 0.356 e. The zero-order chi connectivity index (χ0) is 18.2. The van der Waals surface area contributed by atoms with Gasteiger partial charge >= 0.3 is 0 Å². The van der Waals surface area contributed by atoms with Crippen molar-refractivity contribution in [2.45, 2.75) is 57.8 Å². The van der Waals surface area contributed by atoms with Crippen LogP contribution >= 0.6 is 0 Å². The van der Waals surface area contributed by atoms with Crippen molar-refractivity contribution in [1.29, 1.82) is 0 Å². The monoisotopic (exact) mass is 356 g/mol. The average molecular weight is 357 g/mol. The van der Waals surface area contributed by atoms with Gasteiger partial charge in [0.15, 0.2) is 0 Å². The maximum atomic E-state index is 12.5. The number of carbonyl (C=O) groups is 2. The predicted molar refractivity (Wildman–Crippen MR) is 104 cm³/mol. The van der Waals surface area contributed by atoms with Gasteiger partial charge in [-0.05, 0) is 43.6 Å². The van der Waals surface area contributed by atoms with Gasteiger partial charge in [0.2, 0.25) is 11.8 Å². The molecule has 1 saturated carbocycles. The lowest BCUT2D eigenvalue weighted by Gasteiger charge is -2.35. The van der Waals surface area contributed by atoms with Crippen LogP contribution in [0.2, 0.25) is 0 Å². The molecule has 1 aliphatic heterocycles. The Morgan fingerprint density at radius 3 is 2.62 bits per heavy atom. The highest BCUT2D eigenvalue weighted by Gasteiger charge is 2.31. The van der Waals surface area contributed by atoms with Crippen molar-refractivity contribution in [2.24, 2.45) is 11.8 Å². The van der Waals surface area contributed by atoms with Crippen LogP contribution in [0.3, 0.4) is 0 Å². The maximum absolute atomic E-state index is 12.5. The molecule has 2 fully saturated rings. The molecule has 1 aliphatic carbocycles. The van der Waals surface area contributed by atoms with Gasteiger partial charge in [0, 0.05) is 26.1 Å². The zero-order valence-electron chi connectivity index (χ0n) is 15.8. The van der Waals surface area contributed by atoms with E-state index in [1.54, 1.807) is 0 Å². The van der Waals surface area contributed by atoms with E-state index in [0.717, 1.165) is 19.4 Å². The molecule has 2 amide bonds. The van der Waals surface area contributed by atoms with Gasteiger partial charge in [-0.3, -0.25) is 9.59 Å². The number of nitrogens with one attached hydrogen (secondary N) is 1. The minimum atomic E-state index is -0.0342. The van der Waals surface area contributed by atoms with Crippen LogP contribution in [0.5, 0.6) is 0 Å². The lowest BCUT2D eigenvalue weighted by Crippen LogP contribution is -2.47. The first-order valence-corrected chi connectivity index (χ1v) is 10.3. The summed E-state index contributed by atoms with van der Waals surface area (Å²) in [4.78, 5) is 26.7. The Kier molecular flexibility index (Phi) is 7.10. The molecule has 0 spiro atoms. The molecule has 142 valence electrons. The number of rotatable bonds is 7. The van der Waals surface area contributed by atoms with Crippen LogP contribution in [0.25, 0.3) is 0 Å². The SMILES string of the molecule is O=C(NCCCc1ccccc1)[C@H]1CCC(=O)N(CC2CCCCC2)C1. The number of likely N-dealkylation sites (tertiary alicyclic amines) is 1. The summed E-state index contributed by atoms with van der Waals surface area (Å²) in [5.41, 5.74) is 1.31. The molecule has 1 atom stereocenters. The Hall–Kier alpha value is -1.84. The van der Waals surface area contributed by atoms with E-state index in [4.69, 9.17) is 0 Å². The molecular weight excluding hydrogens is 324 g/mol. The molecule has 4 nitrogen and oxygen atoms in total. The molecule has 1 saturated heterocycles. The van der Waals surface area contributed by atoms with E-state index in [-0.39, 0.29) is 17.7 Å². The minimum absolute atomic E-state index is 0.0342. The molecule has 1 heterocycles. The lowest BCUT2D eigenvalue weighted by molar-refractivity contribution is -0.139. The van der Waals surface area contributed by atoms with Crippen molar-refractivity contribution >= 4 is 11.8 Å². The fourth-order valence-corrected chi connectivity index (χ4v) is 4.28. The van der Waals surface area contributed by atoms with Gasteiger partial charge in [0.25, 0.3) is 0 Å². The van der Waals surface area contributed by atoms with Crippen molar-refractivity contribution in [3.63, 3.8) is 0 Å². The van der Waals surface area contributed by atoms with E-state index in [0.29, 0.717) is 31.8 Å². The molecule has 0 radical (unpaired) electrons. The van der Waals surface area contributed by atoms with Crippen molar-refractivity contribution in [1.82, 2.24) is 10.2 Å². The van der Waals surface area contributed by atoms with Crippen LogP contribution in [0.4, 0.5) is 0 Å². The fraction of sp³-hybridized carbons (Fsp3) is 0.636. The van der Waals surface area contributed by atoms with Crippen molar-refractivity contribution in [3.05, 3.63) is 35.9 Å². The van der Waals surface area contributed by atoms with Crippen LogP contribution in [0.1, 0.15) is 56.9 Å². The van der Waals surface area contributed by atoms with Crippen LogP contribution in [0, 0.1) is 11.8 Å². The second-order valence-corrected chi connectivity index (χ2v) is 7.92. The molecule has 0 aromatic heterocycles. The minimum Gasteiger partial charge on any atom is -0.356 e. The Morgan fingerprint density at radius 2 is 1.85 bits per heavy atom. The van der Waals surface area contributed by atoms with E-state index in [1.807, 2.05) is 23.1 Å². The summed E-state index contributed by atoms with van der Waals surface area (Å²) in [5.74, 6) is 0.969. The van der Waals surface area contributed by atoms with Crippen molar-refractivity contribution < 1.29 is 9.59 Å². The number of carbonyl (C=O) groups excluding carboxylic acids is 2. The standard InChI is InChI=1S/C22H32N2O2/c25-21-14-13-20(17-24(21)16-19-10-5-2-6-11-19)22(26)23-15-7-12-18-8-3-1-4-9-18/h1,3-4,8-9,19-20H,2,5-7,10-17H2,(H,23,26)/t20-/m0/s1. The third-order valence-electron chi connectivity index (χ3n) is 5.86. The molecule has 2 aliphatic rings. The first-order valence-electron chi connectivity index (χ1n) is 10.3. The number of hydrogen-bond donors (Lipinski definition) is 1. The summed E-state index contributed by atoms with van der Waals surface area (Å²) in [7, 11) is 0. The number of nitrogens with zero attached hydrogens (tertiary/aromatic N) is 1. The normalized spacial score (nSPS) is 21.6. The second kappa shape index (κ2) is 9.75. The van der Waals surface area contributed by atoms with Crippen LogP contribution in [-0.2, 0) is 16.0 Å². The third kappa shape index (κ3) is 5.58. The number of amides is 2. The Balaban J connectivity index is 1.39. The molecule has 1 aromatic rings. The topological polar surface area (TPSA) is 49.4 Å². The molecule has 0 bridgehead atoms. The van der Waals surface area contributed by atoms with E-state index >= 15 is 0 Å². The summed E-state index contributed by atoms with van der Waals surface area (Å²) in [5, 5.41) is 3.08. The molecule has 4 heteroatoms. The summed E-state index contributed by atoms with van der Waals surface area (Å²) >= 11 is 0. The van der Waals surface area contributed by atoms with Gasteiger partial charge in [0.1, 0.15) is 0 Å². The van der Waals surface area contributed by atoms with E-state index < -0.39 is 0 Å². The summed E-state index contributed by atoms with van der Waals surface area (Å²) in [6.07, 6.45) is 9.54. The Morgan fingerprint density at radius 1 is 1.08 bits per heavy atom. The highest BCUT2D eigenvalue weighted by atomic mass is 16.2. The smallest absolute Gasteiger partial charge is 0.224 e. The Bertz CT molecular complexity index is 581. The van der Waals surface area contributed by atoms with Gasteiger partial charge in [-0.15, -0.1) is 0 Å². The second-order valence-electron chi connectivity index (χ2n) is 7.92. The number of hydrogen-bond acceptors (Lipinski definition) is 2. The summed E-state index contributed by atoms with van der Waals surface area (Å²) in [6.45, 7) is 2.18. The molecule has 1 aromatic carbocycles. The van der Waals surface area contributed by atoms with Gasteiger partial charge in [-0.2, -0.15) is 0 Å². The van der Waals surface area contributed by atoms with Crippen LogP contribution in [-0.4, -0.2) is 36.3 Å². The number of aryl methyl sites for hydroxylation is 1. The van der Waals surface area contributed by atoms with E-state index in [9.17, 15) is 9.59 Å². The summed E-state index contributed by atoms with van der Waals surface area (Å²) < 4.78 is 0. The van der Waals surface area contributed by atoms with E-state index in [2.05, 4.69) is 17.4 Å². The quantitative estimate of drug-likeness (QED) is 0.760. The first kappa shape index (κ1) is 18.9. The van der Waals surface area contributed by atoms with Gasteiger partial charge in [0.05, 0.1) is 5.92 Å². The third-order valence-corrected chi connectivity index (χ3v) is 5.86. The zero-order valence-corrected chi connectivity index (χ0v) is 15.8. The molecule has 26 heavy (non-hydrogen) atoms. The van der Waals surface area contributed by atoms with E-state index in [1.165, 1.54) is 37.7 Å².